The lowest BCUT2D eigenvalue weighted by Crippen LogP contribution is -1.78. The van der Waals surface area contributed by atoms with Crippen LogP contribution < -0.4 is 0 Å². The fraction of sp³-hybridized carbons (Fsp3) is 0. The summed E-state index contributed by atoms with van der Waals surface area (Å²) in [6, 6.07) is 14.8. The van der Waals surface area contributed by atoms with Gasteiger partial charge in [0.15, 0.2) is 17.6 Å². The van der Waals surface area contributed by atoms with Gasteiger partial charge in [-0.1, -0.05) is 6.07 Å². The third-order valence-corrected chi connectivity index (χ3v) is 3.49. The van der Waals surface area contributed by atoms with Crippen LogP contribution >= 0.6 is 0 Å². The van der Waals surface area contributed by atoms with Gasteiger partial charge in [-0.3, -0.25) is 4.79 Å². The number of hydrogen-bond acceptors (Lipinski definition) is 4. The van der Waals surface area contributed by atoms with Gasteiger partial charge in [0.2, 0.25) is 5.89 Å². The van der Waals surface area contributed by atoms with Gasteiger partial charge in [-0.25, -0.2) is 9.37 Å². The van der Waals surface area contributed by atoms with Crippen molar-refractivity contribution < 1.29 is 18.0 Å². The van der Waals surface area contributed by atoms with Crippen LogP contribution in [0.15, 0.2) is 63.4 Å². The van der Waals surface area contributed by atoms with Crippen LogP contribution in [0.25, 0.3) is 33.9 Å². The summed E-state index contributed by atoms with van der Waals surface area (Å²) >= 11 is 0. The molecule has 2 aromatic heterocycles. The Morgan fingerprint density at radius 2 is 1.87 bits per heavy atom. The van der Waals surface area contributed by atoms with Crippen molar-refractivity contribution in [1.29, 1.82) is 0 Å². The number of carbonyl (C=O) groups is 1. The molecule has 0 radical (unpaired) electrons. The van der Waals surface area contributed by atoms with Gasteiger partial charge in [-0.15, -0.1) is 0 Å². The molecule has 0 aliphatic carbocycles. The Morgan fingerprint density at radius 3 is 2.65 bits per heavy atom. The maximum atomic E-state index is 13.3. The van der Waals surface area contributed by atoms with Crippen LogP contribution in [0.4, 0.5) is 4.39 Å². The molecular weight excluding hydrogens is 297 g/mol. The predicted molar refractivity (Wildman–Crippen MR) is 82.5 cm³/mol. The molecule has 5 heteroatoms. The largest absolute Gasteiger partial charge is 0.453 e. The number of hydrogen-bond donors (Lipinski definition) is 0. The van der Waals surface area contributed by atoms with E-state index in [-0.39, 0.29) is 11.6 Å². The zero-order valence-corrected chi connectivity index (χ0v) is 11.8. The molecule has 2 heterocycles. The third kappa shape index (κ3) is 2.42. The Morgan fingerprint density at radius 1 is 0.957 bits per heavy atom. The first kappa shape index (κ1) is 13.5. The molecule has 0 spiro atoms. The average Bonchev–Trinajstić information content (AvgIpc) is 3.20. The Bertz CT molecular complexity index is 1020. The zero-order chi connectivity index (χ0) is 15.8. The van der Waals surface area contributed by atoms with E-state index < -0.39 is 0 Å². The first-order valence-electron chi connectivity index (χ1n) is 6.95. The fourth-order valence-corrected chi connectivity index (χ4v) is 2.39. The minimum atomic E-state index is -0.345. The van der Waals surface area contributed by atoms with Gasteiger partial charge >= 0.3 is 0 Å². The molecule has 0 bridgehead atoms. The van der Waals surface area contributed by atoms with Crippen molar-refractivity contribution in [2.75, 3.05) is 0 Å². The van der Waals surface area contributed by atoms with Crippen LogP contribution in [-0.4, -0.2) is 11.3 Å². The number of halogens is 1. The summed E-state index contributed by atoms with van der Waals surface area (Å²) in [5.41, 5.74) is 2.57. The molecule has 4 aromatic rings. The second kappa shape index (κ2) is 5.21. The molecule has 0 saturated heterocycles. The number of carbonyl (C=O) groups excluding carboxylic acids is 1. The maximum Gasteiger partial charge on any atom is 0.227 e. The summed E-state index contributed by atoms with van der Waals surface area (Å²) in [5.74, 6) is 0.836. The SMILES string of the molecule is O=Cc1ccc(-c2ccc3nc(-c4cccc(F)c4)oc3c2)o1. The van der Waals surface area contributed by atoms with Crippen LogP contribution in [0.3, 0.4) is 0 Å². The first-order chi connectivity index (χ1) is 11.2. The third-order valence-electron chi connectivity index (χ3n) is 3.49. The van der Waals surface area contributed by atoms with E-state index in [1.165, 1.54) is 12.1 Å². The van der Waals surface area contributed by atoms with E-state index >= 15 is 0 Å². The van der Waals surface area contributed by atoms with Crippen molar-refractivity contribution in [2.24, 2.45) is 0 Å². The van der Waals surface area contributed by atoms with Crippen molar-refractivity contribution in [2.45, 2.75) is 0 Å². The highest BCUT2D eigenvalue weighted by molar-refractivity contribution is 5.82. The topological polar surface area (TPSA) is 56.2 Å². The summed E-state index contributed by atoms with van der Waals surface area (Å²) in [7, 11) is 0. The minimum absolute atomic E-state index is 0.262. The number of oxazole rings is 1. The van der Waals surface area contributed by atoms with Gasteiger partial charge < -0.3 is 8.83 Å². The lowest BCUT2D eigenvalue weighted by molar-refractivity contribution is 0.110. The highest BCUT2D eigenvalue weighted by Crippen LogP contribution is 2.29. The minimum Gasteiger partial charge on any atom is -0.453 e. The molecule has 4 rings (SSSR count). The first-order valence-corrected chi connectivity index (χ1v) is 6.95. The molecule has 23 heavy (non-hydrogen) atoms. The van der Waals surface area contributed by atoms with E-state index in [0.717, 1.165) is 5.56 Å². The number of aromatic nitrogens is 1. The van der Waals surface area contributed by atoms with Gasteiger partial charge in [-0.2, -0.15) is 0 Å². The summed E-state index contributed by atoms with van der Waals surface area (Å²) in [6.45, 7) is 0. The summed E-state index contributed by atoms with van der Waals surface area (Å²) < 4.78 is 24.4. The summed E-state index contributed by atoms with van der Waals surface area (Å²) in [5, 5.41) is 0. The quantitative estimate of drug-likeness (QED) is 0.514. The van der Waals surface area contributed by atoms with E-state index in [0.29, 0.717) is 34.6 Å². The van der Waals surface area contributed by atoms with Crippen LogP contribution in [0.2, 0.25) is 0 Å². The summed E-state index contributed by atoms with van der Waals surface area (Å²) in [4.78, 5) is 15.1. The van der Waals surface area contributed by atoms with Crippen molar-refractivity contribution in [1.82, 2.24) is 4.98 Å². The monoisotopic (exact) mass is 307 g/mol. The lowest BCUT2D eigenvalue weighted by atomic mass is 10.1. The predicted octanol–water partition coefficient (Wildman–Crippen LogP) is 4.71. The van der Waals surface area contributed by atoms with E-state index in [9.17, 15) is 9.18 Å². The highest BCUT2D eigenvalue weighted by Gasteiger charge is 2.11. The normalized spacial score (nSPS) is 11.0. The van der Waals surface area contributed by atoms with Gasteiger partial charge in [0, 0.05) is 11.1 Å². The van der Waals surface area contributed by atoms with Gasteiger partial charge in [0.05, 0.1) is 0 Å². The number of benzene rings is 2. The molecule has 0 N–H and O–H groups in total. The lowest BCUT2D eigenvalue weighted by Gasteiger charge is -1.95. The number of rotatable bonds is 3. The molecule has 0 atom stereocenters. The Kier molecular flexibility index (Phi) is 3.05. The molecule has 0 amide bonds. The molecule has 2 aromatic carbocycles. The van der Waals surface area contributed by atoms with Crippen LogP contribution in [0.1, 0.15) is 10.6 Å². The average molecular weight is 307 g/mol. The Hall–Kier alpha value is -3.21. The highest BCUT2D eigenvalue weighted by atomic mass is 19.1. The smallest absolute Gasteiger partial charge is 0.227 e. The molecule has 4 nitrogen and oxygen atoms in total. The second-order valence-corrected chi connectivity index (χ2v) is 5.03. The van der Waals surface area contributed by atoms with E-state index in [1.807, 2.05) is 6.07 Å². The maximum absolute atomic E-state index is 13.3. The van der Waals surface area contributed by atoms with E-state index in [2.05, 4.69) is 4.98 Å². The van der Waals surface area contributed by atoms with Crippen molar-refractivity contribution in [3.05, 3.63) is 66.2 Å². The number of aldehydes is 1. The van der Waals surface area contributed by atoms with Crippen LogP contribution in [0, 0.1) is 5.82 Å². The molecule has 0 saturated carbocycles. The van der Waals surface area contributed by atoms with Crippen molar-refractivity contribution in [3.63, 3.8) is 0 Å². The van der Waals surface area contributed by atoms with E-state index in [4.69, 9.17) is 8.83 Å². The molecule has 112 valence electrons. The van der Waals surface area contributed by atoms with Gasteiger partial charge in [0.25, 0.3) is 0 Å². The van der Waals surface area contributed by atoms with Crippen LogP contribution in [0.5, 0.6) is 0 Å². The molecular formula is C18H10FNO3. The second-order valence-electron chi connectivity index (χ2n) is 5.03. The number of nitrogens with zero attached hydrogens (tertiary/aromatic N) is 1. The zero-order valence-electron chi connectivity index (χ0n) is 11.8. The Labute approximate surface area is 130 Å². The number of fused-ring (bicyclic) bond motifs is 1. The summed E-state index contributed by atoms with van der Waals surface area (Å²) in [6.07, 6.45) is 0.651. The standard InChI is InChI=1S/C18H10FNO3/c19-13-3-1-2-12(8-13)18-20-15-6-4-11(9-17(15)23-18)16-7-5-14(10-21)22-16/h1-10H. The number of furan rings is 1. The van der Waals surface area contributed by atoms with Gasteiger partial charge in [0.1, 0.15) is 17.1 Å². The molecule has 0 aliphatic rings. The molecule has 0 unspecified atom stereocenters. The van der Waals surface area contributed by atoms with Crippen LogP contribution in [-0.2, 0) is 0 Å². The Balaban J connectivity index is 1.79. The fourth-order valence-electron chi connectivity index (χ4n) is 2.39. The van der Waals surface area contributed by atoms with Crippen molar-refractivity contribution >= 4 is 17.4 Å². The van der Waals surface area contributed by atoms with Crippen molar-refractivity contribution in [3.8, 4) is 22.8 Å². The molecule has 0 fully saturated rings. The van der Waals surface area contributed by atoms with Gasteiger partial charge in [-0.05, 0) is 48.5 Å². The molecule has 0 aliphatic heterocycles. The van der Waals surface area contributed by atoms with E-state index in [1.54, 1.807) is 36.4 Å².